The topological polar surface area (TPSA) is 72.5 Å². The molecule has 0 radical (unpaired) electrons. The van der Waals surface area contributed by atoms with E-state index in [1.807, 2.05) is 24.3 Å². The molecule has 29 heavy (non-hydrogen) atoms. The molecule has 2 aromatic carbocycles. The van der Waals surface area contributed by atoms with Crippen molar-refractivity contribution in [2.75, 3.05) is 18.7 Å². The lowest BCUT2D eigenvalue weighted by atomic mass is 10.1. The average Bonchev–Trinajstić information content (AvgIpc) is 3.22. The van der Waals surface area contributed by atoms with E-state index in [1.54, 1.807) is 24.3 Å². The molecular weight excluding hydrogens is 373 g/mol. The number of hydrogen-bond acceptors (Lipinski definition) is 5. The highest BCUT2D eigenvalue weighted by Crippen LogP contribution is 2.32. The van der Waals surface area contributed by atoms with Gasteiger partial charge in [-0.1, -0.05) is 24.3 Å². The van der Waals surface area contributed by atoms with Crippen LogP contribution in [-0.2, 0) is 13.0 Å². The summed E-state index contributed by atoms with van der Waals surface area (Å²) in [6, 6.07) is 15.7. The van der Waals surface area contributed by atoms with Gasteiger partial charge in [0.15, 0.2) is 11.5 Å². The summed E-state index contributed by atoms with van der Waals surface area (Å²) in [5.41, 5.74) is 2.03. The minimum atomic E-state index is -0.215. The molecule has 1 aliphatic heterocycles. The third kappa shape index (κ3) is 4.63. The Balaban J connectivity index is 1.27. The van der Waals surface area contributed by atoms with Gasteiger partial charge in [-0.3, -0.25) is 4.79 Å². The van der Waals surface area contributed by atoms with Crippen molar-refractivity contribution in [1.82, 2.24) is 10.3 Å². The maximum Gasteiger partial charge on any atom is 0.253 e. The number of nitrogens with one attached hydrogen (secondary N) is 2. The molecule has 2 heterocycles. The maximum absolute atomic E-state index is 13.6. The van der Waals surface area contributed by atoms with Crippen LogP contribution in [0, 0.1) is 5.82 Å². The molecule has 7 heteroatoms. The number of nitrogens with zero attached hydrogens (tertiary/aromatic N) is 1. The summed E-state index contributed by atoms with van der Waals surface area (Å²) < 4.78 is 24.2. The van der Waals surface area contributed by atoms with Gasteiger partial charge in [-0.2, -0.15) is 0 Å². The van der Waals surface area contributed by atoms with Gasteiger partial charge in [0, 0.05) is 19.3 Å². The summed E-state index contributed by atoms with van der Waals surface area (Å²) in [6.45, 7) is 1.14. The molecule has 1 aliphatic rings. The fourth-order valence-electron chi connectivity index (χ4n) is 2.99. The standard InChI is InChI=1S/C22H20FN3O3/c23-18-4-2-1-3-16(18)9-10-24-21-8-6-17(13-25-21)22(27)26-12-15-5-7-19-20(11-15)29-14-28-19/h1-8,11,13H,9-10,12,14H2,(H,24,25)(H,26,27). The zero-order valence-corrected chi connectivity index (χ0v) is 15.7. The van der Waals surface area contributed by atoms with Crippen molar-refractivity contribution in [3.8, 4) is 11.5 Å². The van der Waals surface area contributed by atoms with Gasteiger partial charge < -0.3 is 20.1 Å². The molecule has 0 aliphatic carbocycles. The first-order chi connectivity index (χ1) is 14.2. The molecule has 0 unspecified atom stereocenters. The van der Waals surface area contributed by atoms with E-state index in [4.69, 9.17) is 9.47 Å². The van der Waals surface area contributed by atoms with Crippen molar-refractivity contribution in [1.29, 1.82) is 0 Å². The van der Waals surface area contributed by atoms with Crippen LogP contribution in [0.25, 0.3) is 0 Å². The Bertz CT molecular complexity index is 1010. The highest BCUT2D eigenvalue weighted by Gasteiger charge is 2.13. The molecule has 0 bridgehead atoms. The van der Waals surface area contributed by atoms with Crippen LogP contribution < -0.4 is 20.1 Å². The Labute approximate surface area is 167 Å². The second kappa shape index (κ2) is 8.60. The fourth-order valence-corrected chi connectivity index (χ4v) is 2.99. The second-order valence-electron chi connectivity index (χ2n) is 6.57. The minimum Gasteiger partial charge on any atom is -0.454 e. The predicted octanol–water partition coefficient (Wildman–Crippen LogP) is 3.53. The van der Waals surface area contributed by atoms with Crippen LogP contribution in [0.1, 0.15) is 21.5 Å². The lowest BCUT2D eigenvalue weighted by Crippen LogP contribution is -2.23. The van der Waals surface area contributed by atoms with Crippen LogP contribution >= 0.6 is 0 Å². The van der Waals surface area contributed by atoms with E-state index in [0.29, 0.717) is 48.0 Å². The number of anilines is 1. The number of carbonyl (C=O) groups excluding carboxylic acids is 1. The molecule has 1 aromatic heterocycles. The Morgan fingerprint density at radius 2 is 1.93 bits per heavy atom. The quantitative estimate of drug-likeness (QED) is 0.643. The van der Waals surface area contributed by atoms with Gasteiger partial charge in [0.1, 0.15) is 11.6 Å². The van der Waals surface area contributed by atoms with Crippen LogP contribution in [0.5, 0.6) is 11.5 Å². The van der Waals surface area contributed by atoms with E-state index >= 15 is 0 Å². The molecular formula is C22H20FN3O3. The summed E-state index contributed by atoms with van der Waals surface area (Å²) in [6.07, 6.45) is 2.06. The Morgan fingerprint density at radius 3 is 2.76 bits per heavy atom. The number of fused-ring (bicyclic) bond motifs is 1. The van der Waals surface area contributed by atoms with Gasteiger partial charge in [-0.25, -0.2) is 9.37 Å². The van der Waals surface area contributed by atoms with Crippen LogP contribution in [-0.4, -0.2) is 24.2 Å². The Hall–Kier alpha value is -3.61. The van der Waals surface area contributed by atoms with E-state index < -0.39 is 0 Å². The normalized spacial score (nSPS) is 11.9. The van der Waals surface area contributed by atoms with E-state index in [-0.39, 0.29) is 18.5 Å². The minimum absolute atomic E-state index is 0.211. The Morgan fingerprint density at radius 1 is 1.07 bits per heavy atom. The lowest BCUT2D eigenvalue weighted by molar-refractivity contribution is 0.0950. The zero-order valence-electron chi connectivity index (χ0n) is 15.7. The maximum atomic E-state index is 13.6. The fraction of sp³-hybridized carbons (Fsp3) is 0.182. The van der Waals surface area contributed by atoms with Crippen molar-refractivity contribution >= 4 is 11.7 Å². The van der Waals surface area contributed by atoms with Gasteiger partial charge in [0.05, 0.1) is 5.56 Å². The third-order valence-corrected chi connectivity index (χ3v) is 4.57. The molecule has 2 N–H and O–H groups in total. The van der Waals surface area contributed by atoms with Gasteiger partial charge >= 0.3 is 0 Å². The number of carbonyl (C=O) groups is 1. The smallest absolute Gasteiger partial charge is 0.253 e. The molecule has 3 aromatic rings. The van der Waals surface area contributed by atoms with Crippen molar-refractivity contribution in [2.45, 2.75) is 13.0 Å². The number of halogens is 1. The number of ether oxygens (including phenoxy) is 2. The monoisotopic (exact) mass is 393 g/mol. The van der Waals surface area contributed by atoms with E-state index in [0.717, 1.165) is 5.56 Å². The number of rotatable bonds is 7. The van der Waals surface area contributed by atoms with Gasteiger partial charge in [0.2, 0.25) is 6.79 Å². The molecule has 0 saturated heterocycles. The first-order valence-electron chi connectivity index (χ1n) is 9.29. The van der Waals surface area contributed by atoms with Crippen molar-refractivity contribution in [3.63, 3.8) is 0 Å². The van der Waals surface area contributed by atoms with Gasteiger partial charge in [-0.15, -0.1) is 0 Å². The highest BCUT2D eigenvalue weighted by atomic mass is 19.1. The van der Waals surface area contributed by atoms with Gasteiger partial charge in [-0.05, 0) is 47.9 Å². The molecule has 1 amide bonds. The van der Waals surface area contributed by atoms with Crippen molar-refractivity contribution in [2.24, 2.45) is 0 Å². The molecule has 148 valence electrons. The third-order valence-electron chi connectivity index (χ3n) is 4.57. The SMILES string of the molecule is O=C(NCc1ccc2c(c1)OCO2)c1ccc(NCCc2ccccc2F)nc1. The van der Waals surface area contributed by atoms with Crippen molar-refractivity contribution < 1.29 is 18.7 Å². The van der Waals surface area contributed by atoms with Crippen LogP contribution in [0.4, 0.5) is 10.2 Å². The number of hydrogen-bond donors (Lipinski definition) is 2. The largest absolute Gasteiger partial charge is 0.454 e. The highest BCUT2D eigenvalue weighted by molar-refractivity contribution is 5.94. The Kier molecular flexibility index (Phi) is 5.56. The molecule has 0 spiro atoms. The summed E-state index contributed by atoms with van der Waals surface area (Å²) in [7, 11) is 0. The number of amides is 1. The summed E-state index contributed by atoms with van der Waals surface area (Å²) in [4.78, 5) is 16.6. The number of aromatic nitrogens is 1. The summed E-state index contributed by atoms with van der Waals surface area (Å²) in [5.74, 6) is 1.60. The van der Waals surface area contributed by atoms with Crippen LogP contribution in [0.3, 0.4) is 0 Å². The number of pyridine rings is 1. The predicted molar refractivity (Wildman–Crippen MR) is 107 cm³/mol. The molecule has 6 nitrogen and oxygen atoms in total. The molecule has 4 rings (SSSR count). The molecule has 0 saturated carbocycles. The van der Waals surface area contributed by atoms with Gasteiger partial charge in [0.25, 0.3) is 5.91 Å². The van der Waals surface area contributed by atoms with E-state index in [9.17, 15) is 9.18 Å². The van der Waals surface area contributed by atoms with Crippen LogP contribution in [0.15, 0.2) is 60.8 Å². The second-order valence-corrected chi connectivity index (χ2v) is 6.57. The molecule has 0 atom stereocenters. The van der Waals surface area contributed by atoms with Crippen molar-refractivity contribution in [3.05, 3.63) is 83.3 Å². The lowest BCUT2D eigenvalue weighted by Gasteiger charge is -2.08. The summed E-state index contributed by atoms with van der Waals surface area (Å²) >= 11 is 0. The average molecular weight is 393 g/mol. The molecule has 0 fully saturated rings. The van der Waals surface area contributed by atoms with Crippen LogP contribution in [0.2, 0.25) is 0 Å². The van der Waals surface area contributed by atoms with E-state index in [2.05, 4.69) is 15.6 Å². The number of benzene rings is 2. The first kappa shape index (κ1) is 18.7. The summed E-state index contributed by atoms with van der Waals surface area (Å²) in [5, 5.41) is 5.99. The zero-order chi connectivity index (χ0) is 20.1. The van der Waals surface area contributed by atoms with E-state index in [1.165, 1.54) is 12.3 Å². The first-order valence-corrected chi connectivity index (χ1v) is 9.29.